The molecule has 2 saturated carbocycles. The normalized spacial score (nSPS) is 25.8. The van der Waals surface area contributed by atoms with Crippen LogP contribution in [0.2, 0.25) is 5.02 Å². The number of hydrogen-bond acceptors (Lipinski definition) is 6. The standard InChI is InChI=1S/C27H42ClN5O3/c1-2-19-8-9-20(25-23(28)16-31-27(33-25)32-21-10-12-36-13-11-21)14-22(19)26(35)30-17-24(34)29-15-18-6-4-3-5-7-18/h16,18-22H,2-15,17H2,1H3,(H,29,34)(H,30,35)(H,31,32,33). The summed E-state index contributed by atoms with van der Waals surface area (Å²) in [7, 11) is 0. The monoisotopic (exact) mass is 519 g/mol. The van der Waals surface area contributed by atoms with Gasteiger partial charge in [0.15, 0.2) is 0 Å². The molecule has 4 rings (SSSR count). The summed E-state index contributed by atoms with van der Waals surface area (Å²) in [6.07, 6.45) is 13.2. The van der Waals surface area contributed by atoms with Gasteiger partial charge >= 0.3 is 0 Å². The fourth-order valence-corrected chi connectivity index (χ4v) is 6.31. The molecule has 1 aromatic heterocycles. The van der Waals surface area contributed by atoms with Gasteiger partial charge in [0.2, 0.25) is 17.8 Å². The summed E-state index contributed by atoms with van der Waals surface area (Å²) in [4.78, 5) is 34.7. The number of carbonyl (C=O) groups is 2. The molecule has 2 amide bonds. The number of nitrogens with one attached hydrogen (secondary N) is 3. The molecule has 3 fully saturated rings. The van der Waals surface area contributed by atoms with E-state index >= 15 is 0 Å². The third-order valence-corrected chi connectivity index (χ3v) is 8.59. The van der Waals surface area contributed by atoms with Gasteiger partial charge in [0.1, 0.15) is 0 Å². The highest BCUT2D eigenvalue weighted by atomic mass is 35.5. The van der Waals surface area contributed by atoms with Gasteiger partial charge in [-0.3, -0.25) is 9.59 Å². The zero-order chi connectivity index (χ0) is 25.3. The second kappa shape index (κ2) is 13.6. The van der Waals surface area contributed by atoms with E-state index in [4.69, 9.17) is 21.3 Å². The summed E-state index contributed by atoms with van der Waals surface area (Å²) >= 11 is 6.55. The molecule has 3 N–H and O–H groups in total. The van der Waals surface area contributed by atoms with E-state index in [2.05, 4.69) is 27.9 Å². The van der Waals surface area contributed by atoms with Crippen LogP contribution in [0.4, 0.5) is 5.95 Å². The van der Waals surface area contributed by atoms with Crippen molar-refractivity contribution >= 4 is 29.4 Å². The van der Waals surface area contributed by atoms with E-state index in [0.717, 1.165) is 51.0 Å². The second-order valence-electron chi connectivity index (χ2n) is 10.8. The van der Waals surface area contributed by atoms with Gasteiger partial charge in [0.05, 0.1) is 23.5 Å². The largest absolute Gasteiger partial charge is 0.381 e. The van der Waals surface area contributed by atoms with Crippen LogP contribution in [0, 0.1) is 17.8 Å². The molecule has 1 aliphatic heterocycles. The van der Waals surface area contributed by atoms with Gasteiger partial charge in [0, 0.05) is 37.6 Å². The summed E-state index contributed by atoms with van der Waals surface area (Å²) in [5.41, 5.74) is 0.818. The molecule has 2 heterocycles. The lowest BCUT2D eigenvalue weighted by Crippen LogP contribution is -2.43. The summed E-state index contributed by atoms with van der Waals surface area (Å²) in [5.74, 6) is 1.27. The Balaban J connectivity index is 1.32. The average Bonchev–Trinajstić information content (AvgIpc) is 2.92. The molecule has 3 aliphatic rings. The number of anilines is 1. The van der Waals surface area contributed by atoms with Crippen LogP contribution in [0.1, 0.15) is 89.2 Å². The Labute approximate surface area is 220 Å². The van der Waals surface area contributed by atoms with Crippen molar-refractivity contribution < 1.29 is 14.3 Å². The molecule has 200 valence electrons. The number of nitrogens with zero attached hydrogens (tertiary/aromatic N) is 2. The Hall–Kier alpha value is -1.93. The van der Waals surface area contributed by atoms with Crippen molar-refractivity contribution in [1.82, 2.24) is 20.6 Å². The lowest BCUT2D eigenvalue weighted by atomic mass is 9.71. The minimum atomic E-state index is -0.155. The number of aromatic nitrogens is 2. The van der Waals surface area contributed by atoms with Crippen molar-refractivity contribution in [2.45, 2.75) is 89.5 Å². The van der Waals surface area contributed by atoms with Crippen molar-refractivity contribution in [3.63, 3.8) is 0 Å². The molecule has 0 spiro atoms. The lowest BCUT2D eigenvalue weighted by Gasteiger charge is -2.35. The highest BCUT2D eigenvalue weighted by molar-refractivity contribution is 6.31. The molecule has 3 atom stereocenters. The van der Waals surface area contributed by atoms with E-state index in [1.165, 1.54) is 32.1 Å². The molecule has 0 aromatic carbocycles. The number of ether oxygens (including phenoxy) is 1. The average molecular weight is 520 g/mol. The number of hydrogen-bond donors (Lipinski definition) is 3. The number of amides is 2. The highest BCUT2D eigenvalue weighted by Gasteiger charge is 2.36. The van der Waals surface area contributed by atoms with Crippen LogP contribution in [0.5, 0.6) is 0 Å². The van der Waals surface area contributed by atoms with Gasteiger partial charge in [0.25, 0.3) is 0 Å². The maximum Gasteiger partial charge on any atom is 0.239 e. The molecule has 36 heavy (non-hydrogen) atoms. The predicted molar refractivity (Wildman–Crippen MR) is 141 cm³/mol. The summed E-state index contributed by atoms with van der Waals surface area (Å²) in [5, 5.41) is 9.91. The van der Waals surface area contributed by atoms with E-state index in [1.807, 2.05) is 0 Å². The van der Waals surface area contributed by atoms with Crippen molar-refractivity contribution in [1.29, 1.82) is 0 Å². The van der Waals surface area contributed by atoms with Crippen LogP contribution < -0.4 is 16.0 Å². The maximum atomic E-state index is 13.2. The predicted octanol–water partition coefficient (Wildman–Crippen LogP) is 4.44. The first-order chi connectivity index (χ1) is 17.5. The lowest BCUT2D eigenvalue weighted by molar-refractivity contribution is -0.131. The van der Waals surface area contributed by atoms with Gasteiger partial charge in [-0.1, -0.05) is 44.2 Å². The van der Waals surface area contributed by atoms with Gasteiger partial charge in [-0.05, 0) is 56.8 Å². The topological polar surface area (TPSA) is 105 Å². The Bertz CT molecular complexity index is 873. The minimum Gasteiger partial charge on any atom is -0.381 e. The van der Waals surface area contributed by atoms with Crippen LogP contribution in [-0.4, -0.2) is 54.1 Å². The molecule has 1 aromatic rings. The number of halogens is 1. The van der Waals surface area contributed by atoms with Crippen LogP contribution >= 0.6 is 11.6 Å². The van der Waals surface area contributed by atoms with Crippen molar-refractivity contribution in [2.24, 2.45) is 17.8 Å². The molecular formula is C27H42ClN5O3. The van der Waals surface area contributed by atoms with E-state index in [-0.39, 0.29) is 30.2 Å². The molecule has 9 heteroatoms. The van der Waals surface area contributed by atoms with Crippen molar-refractivity contribution in [3.8, 4) is 0 Å². The molecule has 0 bridgehead atoms. The van der Waals surface area contributed by atoms with Crippen LogP contribution in [-0.2, 0) is 14.3 Å². The zero-order valence-electron chi connectivity index (χ0n) is 21.6. The first-order valence-corrected chi connectivity index (χ1v) is 14.3. The van der Waals surface area contributed by atoms with Gasteiger partial charge in [-0.15, -0.1) is 0 Å². The van der Waals surface area contributed by atoms with E-state index in [1.54, 1.807) is 6.20 Å². The molecular weight excluding hydrogens is 478 g/mol. The third-order valence-electron chi connectivity index (χ3n) is 8.30. The van der Waals surface area contributed by atoms with Gasteiger partial charge < -0.3 is 20.7 Å². The van der Waals surface area contributed by atoms with E-state index in [0.29, 0.717) is 41.8 Å². The van der Waals surface area contributed by atoms with E-state index in [9.17, 15) is 9.59 Å². The third kappa shape index (κ3) is 7.54. The number of carbonyl (C=O) groups excluding carboxylic acids is 2. The highest BCUT2D eigenvalue weighted by Crippen LogP contribution is 2.42. The quantitative estimate of drug-likeness (QED) is 0.445. The zero-order valence-corrected chi connectivity index (χ0v) is 22.3. The Morgan fingerprint density at radius 2 is 1.83 bits per heavy atom. The Morgan fingerprint density at radius 1 is 1.06 bits per heavy atom. The van der Waals surface area contributed by atoms with Crippen LogP contribution in [0.15, 0.2) is 6.20 Å². The Morgan fingerprint density at radius 3 is 2.58 bits per heavy atom. The fourth-order valence-electron chi connectivity index (χ4n) is 6.06. The van der Waals surface area contributed by atoms with E-state index < -0.39 is 0 Å². The second-order valence-corrected chi connectivity index (χ2v) is 11.2. The molecule has 0 radical (unpaired) electrons. The number of rotatable bonds is 9. The molecule has 2 aliphatic carbocycles. The van der Waals surface area contributed by atoms with Crippen molar-refractivity contribution in [3.05, 3.63) is 16.9 Å². The minimum absolute atomic E-state index is 0.0369. The summed E-state index contributed by atoms with van der Waals surface area (Å²) in [6, 6.07) is 0.298. The summed E-state index contributed by atoms with van der Waals surface area (Å²) in [6.45, 7) is 4.38. The smallest absolute Gasteiger partial charge is 0.239 e. The SMILES string of the molecule is CCC1CCC(c2nc(NC3CCOCC3)ncc2Cl)CC1C(=O)NCC(=O)NCC1CCCCC1. The van der Waals surface area contributed by atoms with Crippen LogP contribution in [0.3, 0.4) is 0 Å². The van der Waals surface area contributed by atoms with Gasteiger partial charge in [-0.25, -0.2) is 9.97 Å². The first kappa shape index (κ1) is 27.1. The fraction of sp³-hybridized carbons (Fsp3) is 0.778. The first-order valence-electron chi connectivity index (χ1n) is 13.9. The summed E-state index contributed by atoms with van der Waals surface area (Å²) < 4.78 is 5.44. The maximum absolute atomic E-state index is 13.2. The molecule has 8 nitrogen and oxygen atoms in total. The van der Waals surface area contributed by atoms with Gasteiger partial charge in [-0.2, -0.15) is 0 Å². The molecule has 3 unspecified atom stereocenters. The van der Waals surface area contributed by atoms with Crippen molar-refractivity contribution in [2.75, 3.05) is 31.6 Å². The molecule has 1 saturated heterocycles. The Kier molecular flexibility index (Phi) is 10.2. The van der Waals surface area contributed by atoms with Crippen LogP contribution in [0.25, 0.3) is 0 Å².